The van der Waals surface area contributed by atoms with Gasteiger partial charge >= 0.3 is 0 Å². The van der Waals surface area contributed by atoms with Crippen LogP contribution in [0.5, 0.6) is 5.75 Å². The van der Waals surface area contributed by atoms with Gasteiger partial charge in [-0.1, -0.05) is 6.07 Å². The average Bonchev–Trinajstić information content (AvgIpc) is 2.17. The van der Waals surface area contributed by atoms with Gasteiger partial charge in [-0.2, -0.15) is 0 Å². The van der Waals surface area contributed by atoms with Crippen LogP contribution in [0.1, 0.15) is 18.9 Å². The minimum absolute atomic E-state index is 0.0183. The Labute approximate surface area is 90.1 Å². The number of phenols is 1. The number of hydrogen-bond acceptors (Lipinski definition) is 3. The van der Waals surface area contributed by atoms with Crippen LogP contribution in [0.15, 0.2) is 18.2 Å². The van der Waals surface area contributed by atoms with E-state index in [4.69, 9.17) is 4.74 Å². The second-order valence-electron chi connectivity index (χ2n) is 4.46. The molecule has 0 aliphatic carbocycles. The highest BCUT2D eigenvalue weighted by Crippen LogP contribution is 2.32. The predicted molar refractivity (Wildman–Crippen MR) is 60.3 cm³/mol. The Bertz CT molecular complexity index is 365. The Morgan fingerprint density at radius 2 is 2.33 bits per heavy atom. The molecular weight excluding hydrogens is 190 g/mol. The lowest BCUT2D eigenvalue weighted by Gasteiger charge is -2.36. The van der Waals surface area contributed by atoms with Crippen LogP contribution >= 0.6 is 0 Å². The molecule has 0 saturated heterocycles. The zero-order valence-corrected chi connectivity index (χ0v) is 9.21. The molecule has 0 fully saturated rings. The highest BCUT2D eigenvalue weighted by molar-refractivity contribution is 5.58. The summed E-state index contributed by atoms with van der Waals surface area (Å²) in [5, 5.41) is 12.8. The molecule has 0 spiro atoms. The molecule has 1 heterocycles. The van der Waals surface area contributed by atoms with E-state index in [9.17, 15) is 5.11 Å². The number of anilines is 1. The van der Waals surface area contributed by atoms with Crippen molar-refractivity contribution in [3.8, 4) is 5.75 Å². The summed E-state index contributed by atoms with van der Waals surface area (Å²) in [4.78, 5) is 0. The monoisotopic (exact) mass is 207 g/mol. The molecule has 15 heavy (non-hydrogen) atoms. The van der Waals surface area contributed by atoms with E-state index in [-0.39, 0.29) is 5.54 Å². The van der Waals surface area contributed by atoms with Crippen molar-refractivity contribution in [1.82, 2.24) is 0 Å². The van der Waals surface area contributed by atoms with Gasteiger partial charge in [-0.3, -0.25) is 0 Å². The van der Waals surface area contributed by atoms with Crippen LogP contribution in [0, 0.1) is 0 Å². The molecule has 1 aromatic carbocycles. The third kappa shape index (κ3) is 2.07. The lowest BCUT2D eigenvalue weighted by atomic mass is 9.88. The van der Waals surface area contributed by atoms with Gasteiger partial charge in [0.2, 0.25) is 0 Å². The van der Waals surface area contributed by atoms with Gasteiger partial charge in [0, 0.05) is 18.9 Å². The summed E-state index contributed by atoms with van der Waals surface area (Å²) >= 11 is 0. The molecule has 0 amide bonds. The van der Waals surface area contributed by atoms with Crippen LogP contribution in [-0.4, -0.2) is 24.4 Å². The van der Waals surface area contributed by atoms with Gasteiger partial charge in [0.15, 0.2) is 0 Å². The summed E-state index contributed by atoms with van der Waals surface area (Å²) in [5.74, 6) is 0.308. The number of fused-ring (bicyclic) bond motifs is 1. The summed E-state index contributed by atoms with van der Waals surface area (Å²) in [5.41, 5.74) is 2.28. The Kier molecular flexibility index (Phi) is 2.57. The van der Waals surface area contributed by atoms with Gasteiger partial charge in [-0.05, 0) is 31.4 Å². The molecule has 0 aromatic heterocycles. The van der Waals surface area contributed by atoms with Crippen LogP contribution in [0.2, 0.25) is 0 Å². The first kappa shape index (κ1) is 10.3. The van der Waals surface area contributed by atoms with E-state index in [1.807, 2.05) is 6.07 Å². The second kappa shape index (κ2) is 3.74. The maximum Gasteiger partial charge on any atom is 0.117 e. The van der Waals surface area contributed by atoms with Crippen LogP contribution in [0.4, 0.5) is 5.69 Å². The van der Waals surface area contributed by atoms with Crippen molar-refractivity contribution in [2.75, 3.05) is 19.0 Å². The van der Waals surface area contributed by atoms with Crippen molar-refractivity contribution in [3.05, 3.63) is 23.8 Å². The Morgan fingerprint density at radius 3 is 3.07 bits per heavy atom. The lowest BCUT2D eigenvalue weighted by Crippen LogP contribution is -2.42. The minimum atomic E-state index is -0.0183. The maximum atomic E-state index is 9.42. The number of ether oxygens (including phenoxy) is 1. The standard InChI is InChI=1S/C12H17NO2/c1-12(8-15-2)6-5-9-3-4-10(14)7-11(9)13-12/h3-4,7,13-14H,5-6,8H2,1-2H3. The molecule has 1 aromatic rings. The number of hydrogen-bond donors (Lipinski definition) is 2. The van der Waals surface area contributed by atoms with Crippen LogP contribution in [0.3, 0.4) is 0 Å². The summed E-state index contributed by atoms with van der Waals surface area (Å²) in [6.07, 6.45) is 2.08. The maximum absolute atomic E-state index is 9.42. The van der Waals surface area contributed by atoms with Gasteiger partial charge in [-0.15, -0.1) is 0 Å². The van der Waals surface area contributed by atoms with E-state index >= 15 is 0 Å². The van der Waals surface area contributed by atoms with Gasteiger partial charge in [-0.25, -0.2) is 0 Å². The van der Waals surface area contributed by atoms with Crippen LogP contribution in [0.25, 0.3) is 0 Å². The van der Waals surface area contributed by atoms with Crippen molar-refractivity contribution in [2.45, 2.75) is 25.3 Å². The van der Waals surface area contributed by atoms with E-state index in [0.717, 1.165) is 18.5 Å². The lowest BCUT2D eigenvalue weighted by molar-refractivity contribution is 0.144. The molecule has 0 radical (unpaired) electrons. The first-order valence-electron chi connectivity index (χ1n) is 5.22. The third-order valence-electron chi connectivity index (χ3n) is 2.94. The Hall–Kier alpha value is -1.22. The van der Waals surface area contributed by atoms with E-state index < -0.39 is 0 Å². The summed E-state index contributed by atoms with van der Waals surface area (Å²) in [6.45, 7) is 2.82. The second-order valence-corrected chi connectivity index (χ2v) is 4.46. The fraction of sp³-hybridized carbons (Fsp3) is 0.500. The smallest absolute Gasteiger partial charge is 0.117 e. The van der Waals surface area contributed by atoms with Gasteiger partial charge in [0.05, 0.1) is 12.1 Å². The minimum Gasteiger partial charge on any atom is -0.508 e. The number of rotatable bonds is 2. The van der Waals surface area contributed by atoms with Crippen molar-refractivity contribution in [3.63, 3.8) is 0 Å². The average molecular weight is 207 g/mol. The molecule has 1 atom stereocenters. The van der Waals surface area contributed by atoms with Crippen molar-refractivity contribution in [2.24, 2.45) is 0 Å². The number of phenolic OH excluding ortho intramolecular Hbond substituents is 1. The largest absolute Gasteiger partial charge is 0.508 e. The summed E-state index contributed by atoms with van der Waals surface area (Å²) in [7, 11) is 1.71. The van der Waals surface area contributed by atoms with Crippen LogP contribution < -0.4 is 5.32 Å². The van der Waals surface area contributed by atoms with Crippen LogP contribution in [-0.2, 0) is 11.2 Å². The van der Waals surface area contributed by atoms with Crippen molar-refractivity contribution < 1.29 is 9.84 Å². The molecule has 3 heteroatoms. The van der Waals surface area contributed by atoms with Crippen molar-refractivity contribution >= 4 is 5.69 Å². The van der Waals surface area contributed by atoms with Gasteiger partial charge < -0.3 is 15.2 Å². The zero-order valence-electron chi connectivity index (χ0n) is 9.21. The highest BCUT2D eigenvalue weighted by Gasteiger charge is 2.28. The first-order chi connectivity index (χ1) is 7.13. The summed E-state index contributed by atoms with van der Waals surface area (Å²) in [6, 6.07) is 5.49. The van der Waals surface area contributed by atoms with Crippen molar-refractivity contribution in [1.29, 1.82) is 0 Å². The summed E-state index contributed by atoms with van der Waals surface area (Å²) < 4.78 is 5.20. The number of aryl methyl sites for hydroxylation is 1. The quantitative estimate of drug-likeness (QED) is 0.780. The first-order valence-corrected chi connectivity index (χ1v) is 5.22. The number of nitrogens with one attached hydrogen (secondary N) is 1. The Balaban J connectivity index is 2.25. The van der Waals surface area contributed by atoms with E-state index in [1.54, 1.807) is 19.2 Å². The normalized spacial score (nSPS) is 24.4. The fourth-order valence-electron chi connectivity index (χ4n) is 2.12. The zero-order chi connectivity index (χ0) is 10.9. The Morgan fingerprint density at radius 1 is 1.53 bits per heavy atom. The number of methoxy groups -OCH3 is 1. The highest BCUT2D eigenvalue weighted by atomic mass is 16.5. The molecule has 1 aliphatic rings. The predicted octanol–water partition coefficient (Wildman–Crippen LogP) is 2.16. The molecular formula is C12H17NO2. The van der Waals surface area contributed by atoms with Gasteiger partial charge in [0.1, 0.15) is 5.75 Å². The fourth-order valence-corrected chi connectivity index (χ4v) is 2.12. The molecule has 2 N–H and O–H groups in total. The number of aromatic hydroxyl groups is 1. The molecule has 82 valence electrons. The molecule has 1 unspecified atom stereocenters. The molecule has 3 nitrogen and oxygen atoms in total. The van der Waals surface area contributed by atoms with Gasteiger partial charge in [0.25, 0.3) is 0 Å². The molecule has 2 rings (SSSR count). The van der Waals surface area contributed by atoms with E-state index in [1.165, 1.54) is 5.56 Å². The number of benzene rings is 1. The topological polar surface area (TPSA) is 41.5 Å². The van der Waals surface area contributed by atoms with E-state index in [2.05, 4.69) is 12.2 Å². The van der Waals surface area contributed by atoms with E-state index in [0.29, 0.717) is 12.4 Å². The molecule has 1 aliphatic heterocycles. The third-order valence-corrected chi connectivity index (χ3v) is 2.94. The molecule has 0 bridgehead atoms. The SMILES string of the molecule is COCC1(C)CCc2ccc(O)cc2N1. The molecule has 0 saturated carbocycles.